The molecule has 2 amide bonds. The maximum atomic E-state index is 14.0. The molecule has 3 aromatic carbocycles. The van der Waals surface area contributed by atoms with Gasteiger partial charge in [-0.15, -0.1) is 11.3 Å². The first-order valence-corrected chi connectivity index (χ1v) is 14.2. The number of benzene rings is 3. The van der Waals surface area contributed by atoms with Crippen molar-refractivity contribution in [2.24, 2.45) is 5.92 Å². The number of hydrogen-bond acceptors (Lipinski definition) is 5. The average molecular weight is 549 g/mol. The molecule has 1 aliphatic rings. The summed E-state index contributed by atoms with van der Waals surface area (Å²) in [4.78, 5) is 42.9. The van der Waals surface area contributed by atoms with Gasteiger partial charge in [-0.05, 0) is 53.3 Å². The van der Waals surface area contributed by atoms with E-state index in [-0.39, 0.29) is 29.8 Å². The standard InChI is InChI=1S/C33H28N2O4S/c1-21(2)18-34-28(19-35-32(37)24-11-6-7-12-25(24)33(35)38)30(29-13-8-16-40-29)27-17-23(14-15-26(27)31(34)36)39-20-22-9-4-3-5-10-22/h3-17,21H,18-20H2,1-2H3. The number of carbonyl (C=O) groups is 2. The summed E-state index contributed by atoms with van der Waals surface area (Å²) in [5.74, 6) is 0.116. The van der Waals surface area contributed by atoms with Crippen LogP contribution in [-0.4, -0.2) is 21.3 Å². The highest BCUT2D eigenvalue weighted by Gasteiger charge is 2.36. The van der Waals surface area contributed by atoms with E-state index < -0.39 is 0 Å². The van der Waals surface area contributed by atoms with Crippen LogP contribution in [0.5, 0.6) is 5.75 Å². The Bertz CT molecular complexity index is 1750. The number of thiophene rings is 1. The number of imide groups is 1. The van der Waals surface area contributed by atoms with Gasteiger partial charge in [0.2, 0.25) is 0 Å². The molecule has 0 N–H and O–H groups in total. The van der Waals surface area contributed by atoms with E-state index in [0.717, 1.165) is 21.4 Å². The maximum absolute atomic E-state index is 14.0. The van der Waals surface area contributed by atoms with Crippen molar-refractivity contribution < 1.29 is 14.3 Å². The molecule has 0 saturated carbocycles. The van der Waals surface area contributed by atoms with Gasteiger partial charge >= 0.3 is 0 Å². The molecule has 0 fully saturated rings. The summed E-state index contributed by atoms with van der Waals surface area (Å²) in [7, 11) is 0. The van der Waals surface area contributed by atoms with E-state index in [1.165, 1.54) is 4.90 Å². The zero-order valence-corrected chi connectivity index (χ0v) is 23.1. The summed E-state index contributed by atoms with van der Waals surface area (Å²) < 4.78 is 7.88. The molecule has 6 rings (SSSR count). The third-order valence-electron chi connectivity index (χ3n) is 7.10. The van der Waals surface area contributed by atoms with Crippen LogP contribution < -0.4 is 10.3 Å². The highest BCUT2D eigenvalue weighted by molar-refractivity contribution is 7.13. The smallest absolute Gasteiger partial charge is 0.261 e. The molecule has 1 aliphatic heterocycles. The number of ether oxygens (including phenoxy) is 1. The number of amides is 2. The second kappa shape index (κ2) is 10.6. The number of carbonyl (C=O) groups excluding carboxylic acids is 2. The number of hydrogen-bond donors (Lipinski definition) is 0. The van der Waals surface area contributed by atoms with Gasteiger partial charge in [0.1, 0.15) is 12.4 Å². The van der Waals surface area contributed by atoms with Crippen molar-refractivity contribution >= 4 is 33.9 Å². The zero-order chi connectivity index (χ0) is 27.8. The summed E-state index contributed by atoms with van der Waals surface area (Å²) in [6, 6.07) is 26.3. The SMILES string of the molecule is CC(C)Cn1c(CN2C(=O)c3ccccc3C2=O)c(-c2cccs2)c2cc(OCc3ccccc3)ccc2c1=O. The maximum Gasteiger partial charge on any atom is 0.261 e. The van der Waals surface area contributed by atoms with E-state index >= 15 is 0 Å². The minimum absolute atomic E-state index is 0.00736. The number of aromatic nitrogens is 1. The van der Waals surface area contributed by atoms with Crippen LogP contribution in [0.1, 0.15) is 45.8 Å². The van der Waals surface area contributed by atoms with Crippen LogP contribution in [0, 0.1) is 5.92 Å². The lowest BCUT2D eigenvalue weighted by Gasteiger charge is -2.24. The minimum atomic E-state index is -0.346. The Hall–Kier alpha value is -4.49. The fourth-order valence-electron chi connectivity index (χ4n) is 5.26. The lowest BCUT2D eigenvalue weighted by atomic mass is 10.0. The van der Waals surface area contributed by atoms with Gasteiger partial charge in [-0.1, -0.05) is 62.4 Å². The van der Waals surface area contributed by atoms with Crippen molar-refractivity contribution in [1.82, 2.24) is 9.47 Å². The highest BCUT2D eigenvalue weighted by Crippen LogP contribution is 2.37. The average Bonchev–Trinajstić information content (AvgIpc) is 3.58. The summed E-state index contributed by atoms with van der Waals surface area (Å²) >= 11 is 1.56. The van der Waals surface area contributed by atoms with Gasteiger partial charge in [-0.2, -0.15) is 0 Å². The first-order chi connectivity index (χ1) is 19.4. The fraction of sp³-hybridized carbons (Fsp3) is 0.182. The van der Waals surface area contributed by atoms with E-state index in [4.69, 9.17) is 4.74 Å². The molecule has 3 heterocycles. The zero-order valence-electron chi connectivity index (χ0n) is 22.3. The lowest BCUT2D eigenvalue weighted by Crippen LogP contribution is -2.34. The van der Waals surface area contributed by atoms with Crippen molar-refractivity contribution in [2.45, 2.75) is 33.5 Å². The fourth-order valence-corrected chi connectivity index (χ4v) is 6.06. The van der Waals surface area contributed by atoms with Crippen molar-refractivity contribution in [3.8, 4) is 16.2 Å². The van der Waals surface area contributed by atoms with E-state index in [9.17, 15) is 14.4 Å². The molecule has 0 spiro atoms. The molecule has 0 unspecified atom stereocenters. The first kappa shape index (κ1) is 25.8. The second-order valence-corrected chi connectivity index (χ2v) is 11.3. The summed E-state index contributed by atoms with van der Waals surface area (Å²) in [6.45, 7) is 4.94. The van der Waals surface area contributed by atoms with E-state index in [0.29, 0.717) is 41.1 Å². The van der Waals surface area contributed by atoms with Gasteiger partial charge < -0.3 is 9.30 Å². The van der Waals surface area contributed by atoms with Crippen LogP contribution in [0.15, 0.2) is 95.1 Å². The lowest BCUT2D eigenvalue weighted by molar-refractivity contribution is 0.0638. The number of pyridine rings is 1. The summed E-state index contributed by atoms with van der Waals surface area (Å²) in [5.41, 5.74) is 3.15. The molecular weight excluding hydrogens is 520 g/mol. The predicted octanol–water partition coefficient (Wildman–Crippen LogP) is 6.76. The number of nitrogens with zero attached hydrogens (tertiary/aromatic N) is 2. The molecular formula is C33H28N2O4S. The highest BCUT2D eigenvalue weighted by atomic mass is 32.1. The normalized spacial score (nSPS) is 12.9. The van der Waals surface area contributed by atoms with Gasteiger partial charge in [-0.25, -0.2) is 0 Å². The van der Waals surface area contributed by atoms with Crippen LogP contribution in [0.4, 0.5) is 0 Å². The molecule has 2 aromatic heterocycles. The summed E-state index contributed by atoms with van der Waals surface area (Å²) in [5, 5.41) is 3.30. The molecule has 40 heavy (non-hydrogen) atoms. The van der Waals surface area contributed by atoms with Crippen LogP contribution in [-0.2, 0) is 19.7 Å². The minimum Gasteiger partial charge on any atom is -0.489 e. The van der Waals surface area contributed by atoms with Crippen LogP contribution in [0.25, 0.3) is 21.2 Å². The Morgan fingerprint density at radius 3 is 2.15 bits per heavy atom. The van der Waals surface area contributed by atoms with Gasteiger partial charge in [0.25, 0.3) is 17.4 Å². The first-order valence-electron chi connectivity index (χ1n) is 13.3. The molecule has 5 aromatic rings. The Labute approximate surface area is 236 Å². The monoisotopic (exact) mass is 548 g/mol. The topological polar surface area (TPSA) is 68.6 Å². The molecule has 7 heteroatoms. The third-order valence-corrected chi connectivity index (χ3v) is 7.99. The molecule has 0 bridgehead atoms. The molecule has 0 saturated heterocycles. The van der Waals surface area contributed by atoms with Gasteiger partial charge in [-0.3, -0.25) is 19.3 Å². The predicted molar refractivity (Wildman–Crippen MR) is 158 cm³/mol. The van der Waals surface area contributed by atoms with Crippen LogP contribution in [0.2, 0.25) is 0 Å². The van der Waals surface area contributed by atoms with Crippen molar-refractivity contribution in [3.05, 3.63) is 123 Å². The number of rotatable bonds is 8. The van der Waals surface area contributed by atoms with Gasteiger partial charge in [0.15, 0.2) is 0 Å². The van der Waals surface area contributed by atoms with Crippen molar-refractivity contribution in [1.29, 1.82) is 0 Å². The quantitative estimate of drug-likeness (QED) is 0.201. The Morgan fingerprint density at radius 2 is 1.50 bits per heavy atom. The Balaban J connectivity index is 1.52. The molecule has 0 atom stereocenters. The number of fused-ring (bicyclic) bond motifs is 2. The van der Waals surface area contributed by atoms with E-state index in [1.807, 2.05) is 79.9 Å². The molecule has 0 aliphatic carbocycles. The van der Waals surface area contributed by atoms with Gasteiger partial charge in [0, 0.05) is 27.8 Å². The van der Waals surface area contributed by atoms with Gasteiger partial charge in [0.05, 0.1) is 23.4 Å². The third kappa shape index (κ3) is 4.62. The molecule has 0 radical (unpaired) electrons. The largest absolute Gasteiger partial charge is 0.489 e. The molecule has 200 valence electrons. The van der Waals surface area contributed by atoms with Crippen LogP contribution >= 0.6 is 11.3 Å². The van der Waals surface area contributed by atoms with E-state index in [1.54, 1.807) is 40.2 Å². The van der Waals surface area contributed by atoms with Crippen molar-refractivity contribution in [2.75, 3.05) is 0 Å². The van der Waals surface area contributed by atoms with Crippen LogP contribution in [0.3, 0.4) is 0 Å². The van der Waals surface area contributed by atoms with E-state index in [2.05, 4.69) is 0 Å². The Kier molecular flexibility index (Phi) is 6.82. The Morgan fingerprint density at radius 1 is 0.800 bits per heavy atom. The summed E-state index contributed by atoms with van der Waals surface area (Å²) in [6.07, 6.45) is 0. The second-order valence-electron chi connectivity index (χ2n) is 10.3. The molecule has 6 nitrogen and oxygen atoms in total. The van der Waals surface area contributed by atoms with Crippen molar-refractivity contribution in [3.63, 3.8) is 0 Å².